The van der Waals surface area contributed by atoms with Crippen molar-refractivity contribution < 1.29 is 14.7 Å². The maximum atomic E-state index is 12.2. The van der Waals surface area contributed by atoms with Gasteiger partial charge in [0.05, 0.1) is 6.42 Å². The van der Waals surface area contributed by atoms with E-state index in [2.05, 4.69) is 5.32 Å². The van der Waals surface area contributed by atoms with Crippen molar-refractivity contribution in [1.82, 2.24) is 10.2 Å². The number of nitrogens with zero attached hydrogens (tertiary/aromatic N) is 1. The van der Waals surface area contributed by atoms with Crippen LogP contribution in [0.3, 0.4) is 0 Å². The highest BCUT2D eigenvalue weighted by atomic mass is 16.3. The van der Waals surface area contributed by atoms with Crippen LogP contribution in [0.1, 0.15) is 5.56 Å². The second-order valence-electron chi connectivity index (χ2n) is 4.55. The highest BCUT2D eigenvalue weighted by molar-refractivity contribution is 5.88. The van der Waals surface area contributed by atoms with Gasteiger partial charge in [-0.25, -0.2) is 0 Å². The quantitative estimate of drug-likeness (QED) is 0.666. The molecule has 1 aliphatic rings. The van der Waals surface area contributed by atoms with Crippen molar-refractivity contribution in [1.29, 1.82) is 0 Å². The molecular formula is C13H17N3O3. The Labute approximate surface area is 111 Å². The summed E-state index contributed by atoms with van der Waals surface area (Å²) in [5, 5.41) is 12.2. The van der Waals surface area contributed by atoms with Gasteiger partial charge >= 0.3 is 0 Å². The molecule has 0 bridgehead atoms. The molecule has 0 spiro atoms. The minimum atomic E-state index is -0.585. The van der Waals surface area contributed by atoms with Gasteiger partial charge in [0, 0.05) is 19.6 Å². The first-order valence-electron chi connectivity index (χ1n) is 6.15. The summed E-state index contributed by atoms with van der Waals surface area (Å²) in [7, 11) is 0. The first kappa shape index (κ1) is 13.4. The van der Waals surface area contributed by atoms with Crippen LogP contribution in [0.2, 0.25) is 0 Å². The molecule has 6 nitrogen and oxygen atoms in total. The van der Waals surface area contributed by atoms with Crippen molar-refractivity contribution in [2.45, 2.75) is 12.5 Å². The molecule has 0 aliphatic carbocycles. The van der Waals surface area contributed by atoms with Crippen molar-refractivity contribution >= 4 is 11.8 Å². The molecule has 1 fully saturated rings. The molecule has 0 aromatic heterocycles. The van der Waals surface area contributed by atoms with Crippen LogP contribution >= 0.6 is 0 Å². The lowest BCUT2D eigenvalue weighted by molar-refractivity contribution is -0.139. The molecular weight excluding hydrogens is 246 g/mol. The number of carbonyl (C=O) groups is 2. The van der Waals surface area contributed by atoms with E-state index >= 15 is 0 Å². The third-order valence-electron chi connectivity index (χ3n) is 3.18. The van der Waals surface area contributed by atoms with E-state index < -0.39 is 11.9 Å². The molecule has 4 N–H and O–H groups in total. The summed E-state index contributed by atoms with van der Waals surface area (Å²) < 4.78 is 0. The van der Waals surface area contributed by atoms with Crippen LogP contribution in [0.25, 0.3) is 0 Å². The number of nitrogens with two attached hydrogens (primary N) is 1. The molecule has 1 heterocycles. The average Bonchev–Trinajstić information content (AvgIpc) is 2.41. The van der Waals surface area contributed by atoms with Gasteiger partial charge in [0.2, 0.25) is 11.8 Å². The van der Waals surface area contributed by atoms with E-state index in [-0.39, 0.29) is 18.1 Å². The Bertz CT molecular complexity index is 473. The number of amides is 2. The molecule has 1 atom stereocenters. The van der Waals surface area contributed by atoms with Gasteiger partial charge in [0.15, 0.2) is 0 Å². The van der Waals surface area contributed by atoms with E-state index in [1.54, 1.807) is 12.1 Å². The third-order valence-corrected chi connectivity index (χ3v) is 3.18. The molecule has 1 aromatic rings. The van der Waals surface area contributed by atoms with Crippen molar-refractivity contribution in [2.75, 3.05) is 19.6 Å². The SMILES string of the molecule is NC(=O)C1CNCCN1C(=O)Cc1ccc(O)cc1. The number of hydrogen-bond donors (Lipinski definition) is 3. The highest BCUT2D eigenvalue weighted by Crippen LogP contribution is 2.12. The van der Waals surface area contributed by atoms with Gasteiger partial charge in [0.25, 0.3) is 0 Å². The fourth-order valence-corrected chi connectivity index (χ4v) is 2.15. The smallest absolute Gasteiger partial charge is 0.241 e. The maximum Gasteiger partial charge on any atom is 0.241 e. The van der Waals surface area contributed by atoms with Crippen LogP contribution in [0.15, 0.2) is 24.3 Å². The van der Waals surface area contributed by atoms with Gasteiger partial charge in [0.1, 0.15) is 11.8 Å². The van der Waals surface area contributed by atoms with Gasteiger partial charge in [-0.1, -0.05) is 12.1 Å². The van der Waals surface area contributed by atoms with Crippen molar-refractivity contribution in [3.63, 3.8) is 0 Å². The van der Waals surface area contributed by atoms with E-state index in [1.165, 1.54) is 17.0 Å². The highest BCUT2D eigenvalue weighted by Gasteiger charge is 2.30. The molecule has 6 heteroatoms. The normalized spacial score (nSPS) is 19.2. The van der Waals surface area contributed by atoms with E-state index in [0.29, 0.717) is 19.6 Å². The standard InChI is InChI=1S/C13H17N3O3/c14-13(19)11-8-15-5-6-16(11)12(18)7-9-1-3-10(17)4-2-9/h1-4,11,15,17H,5-8H2,(H2,14,19). The summed E-state index contributed by atoms with van der Waals surface area (Å²) in [5.41, 5.74) is 6.10. The summed E-state index contributed by atoms with van der Waals surface area (Å²) in [5.74, 6) is -0.462. The number of nitrogens with one attached hydrogen (secondary N) is 1. The largest absolute Gasteiger partial charge is 0.508 e. The second-order valence-corrected chi connectivity index (χ2v) is 4.55. The number of phenols is 1. The summed E-state index contributed by atoms with van der Waals surface area (Å²) in [6, 6.07) is 5.86. The number of rotatable bonds is 3. The number of carbonyl (C=O) groups excluding carboxylic acids is 2. The van der Waals surface area contributed by atoms with Crippen molar-refractivity contribution in [3.8, 4) is 5.75 Å². The van der Waals surface area contributed by atoms with E-state index in [9.17, 15) is 14.7 Å². The fraction of sp³-hybridized carbons (Fsp3) is 0.385. The molecule has 1 saturated heterocycles. The van der Waals surface area contributed by atoms with E-state index in [4.69, 9.17) is 5.73 Å². The fourth-order valence-electron chi connectivity index (χ4n) is 2.15. The van der Waals surface area contributed by atoms with Gasteiger partial charge in [-0.3, -0.25) is 9.59 Å². The molecule has 19 heavy (non-hydrogen) atoms. The second kappa shape index (κ2) is 5.71. The van der Waals surface area contributed by atoms with Gasteiger partial charge in [-0.2, -0.15) is 0 Å². The summed E-state index contributed by atoms with van der Waals surface area (Å²) >= 11 is 0. The zero-order valence-corrected chi connectivity index (χ0v) is 10.5. The zero-order valence-electron chi connectivity index (χ0n) is 10.5. The molecule has 2 amide bonds. The van der Waals surface area contributed by atoms with Gasteiger partial charge in [-0.05, 0) is 17.7 Å². The molecule has 102 valence electrons. The first-order chi connectivity index (χ1) is 9.08. The topological polar surface area (TPSA) is 95.7 Å². The Morgan fingerprint density at radius 2 is 2.05 bits per heavy atom. The monoisotopic (exact) mass is 263 g/mol. The molecule has 1 aromatic carbocycles. The average molecular weight is 263 g/mol. The van der Waals surface area contributed by atoms with Crippen LogP contribution in [0, 0.1) is 0 Å². The van der Waals surface area contributed by atoms with Gasteiger partial charge in [-0.15, -0.1) is 0 Å². The number of primary amides is 1. The Morgan fingerprint density at radius 1 is 1.37 bits per heavy atom. The van der Waals surface area contributed by atoms with Crippen LogP contribution in [0.4, 0.5) is 0 Å². The molecule has 2 rings (SSSR count). The summed E-state index contributed by atoms with van der Waals surface area (Å²) in [4.78, 5) is 25.0. The summed E-state index contributed by atoms with van der Waals surface area (Å²) in [6.45, 7) is 1.53. The Balaban J connectivity index is 2.05. The zero-order chi connectivity index (χ0) is 13.8. The number of phenolic OH excluding ortho intramolecular Hbond substituents is 1. The third kappa shape index (κ3) is 3.23. The van der Waals surface area contributed by atoms with Crippen molar-refractivity contribution in [3.05, 3.63) is 29.8 Å². The number of hydrogen-bond acceptors (Lipinski definition) is 4. The minimum absolute atomic E-state index is 0.129. The van der Waals surface area contributed by atoms with Crippen LogP contribution in [-0.2, 0) is 16.0 Å². The lowest BCUT2D eigenvalue weighted by Gasteiger charge is -2.34. The molecule has 1 unspecified atom stereocenters. The van der Waals surface area contributed by atoms with Gasteiger partial charge < -0.3 is 21.1 Å². The predicted molar refractivity (Wildman–Crippen MR) is 69.4 cm³/mol. The lowest BCUT2D eigenvalue weighted by Crippen LogP contribution is -2.59. The maximum absolute atomic E-state index is 12.2. The molecule has 0 saturated carbocycles. The first-order valence-corrected chi connectivity index (χ1v) is 6.15. The van der Waals surface area contributed by atoms with Crippen LogP contribution < -0.4 is 11.1 Å². The van der Waals surface area contributed by atoms with E-state index in [1.807, 2.05) is 0 Å². The minimum Gasteiger partial charge on any atom is -0.508 e. The van der Waals surface area contributed by atoms with Crippen molar-refractivity contribution in [2.24, 2.45) is 5.73 Å². The van der Waals surface area contributed by atoms with Crippen LogP contribution in [0.5, 0.6) is 5.75 Å². The molecule has 1 aliphatic heterocycles. The van der Waals surface area contributed by atoms with E-state index in [0.717, 1.165) is 5.56 Å². The Morgan fingerprint density at radius 3 is 2.68 bits per heavy atom. The number of aromatic hydroxyl groups is 1. The molecule has 0 radical (unpaired) electrons. The predicted octanol–water partition coefficient (Wildman–Crippen LogP) is -0.780. The summed E-state index contributed by atoms with van der Waals surface area (Å²) in [6.07, 6.45) is 0.198. The van der Waals surface area contributed by atoms with Crippen LogP contribution in [-0.4, -0.2) is 47.5 Å². The lowest BCUT2D eigenvalue weighted by atomic mass is 10.1. The number of piperazine rings is 1. The number of benzene rings is 1. The Hall–Kier alpha value is -2.08. The Kier molecular flexibility index (Phi) is 4.01.